The molecule has 0 amide bonds. The summed E-state index contributed by atoms with van der Waals surface area (Å²) in [6.45, 7) is 3.12. The molecule has 1 aromatic heterocycles. The van der Waals surface area contributed by atoms with Crippen LogP contribution in [0.25, 0.3) is 0 Å². The molecule has 1 saturated heterocycles. The molecule has 0 spiro atoms. The minimum absolute atomic E-state index is 0.460. The second-order valence-corrected chi connectivity index (χ2v) is 9.61. The van der Waals surface area contributed by atoms with Crippen LogP contribution in [0.15, 0.2) is 14.7 Å². The van der Waals surface area contributed by atoms with Gasteiger partial charge in [-0.25, -0.2) is 8.42 Å². The second-order valence-electron chi connectivity index (χ2n) is 3.84. The Morgan fingerprint density at radius 2 is 2.12 bits per heavy atom. The first-order valence-corrected chi connectivity index (χ1v) is 9.56. The highest BCUT2D eigenvalue weighted by atomic mass is 79.9. The van der Waals surface area contributed by atoms with E-state index in [-0.39, 0.29) is 0 Å². The van der Waals surface area contributed by atoms with Crippen molar-refractivity contribution in [2.24, 2.45) is 0 Å². The summed E-state index contributed by atoms with van der Waals surface area (Å²) in [6.07, 6.45) is 0.939. The summed E-state index contributed by atoms with van der Waals surface area (Å²) in [4.78, 5) is 1.31. The van der Waals surface area contributed by atoms with Gasteiger partial charge in [0.2, 0.25) is 10.0 Å². The van der Waals surface area contributed by atoms with E-state index in [4.69, 9.17) is 0 Å². The molecule has 96 valence electrons. The quantitative estimate of drug-likeness (QED) is 0.818. The van der Waals surface area contributed by atoms with E-state index in [1.807, 2.05) is 18.7 Å². The molecule has 2 heterocycles. The third-order valence-corrected chi connectivity index (χ3v) is 7.40. The lowest BCUT2D eigenvalue weighted by atomic mass is 10.5. The van der Waals surface area contributed by atoms with Crippen LogP contribution in [-0.2, 0) is 10.0 Å². The maximum atomic E-state index is 12.5. The van der Waals surface area contributed by atoms with Crippen LogP contribution < -0.4 is 0 Å². The van der Waals surface area contributed by atoms with E-state index >= 15 is 0 Å². The fourth-order valence-corrected chi connectivity index (χ4v) is 6.65. The van der Waals surface area contributed by atoms with Gasteiger partial charge in [-0.3, -0.25) is 0 Å². The fourth-order valence-electron chi connectivity index (χ4n) is 1.79. The number of thioether (sulfide) groups is 1. The van der Waals surface area contributed by atoms with E-state index < -0.39 is 10.0 Å². The second kappa shape index (κ2) is 5.61. The molecule has 17 heavy (non-hydrogen) atoms. The first-order chi connectivity index (χ1) is 8.01. The predicted molar refractivity (Wildman–Crippen MR) is 77.5 cm³/mol. The molecule has 1 aliphatic heterocycles. The monoisotopic (exact) mass is 355 g/mol. The van der Waals surface area contributed by atoms with E-state index in [0.29, 0.717) is 18.0 Å². The van der Waals surface area contributed by atoms with Crippen molar-refractivity contribution in [1.82, 2.24) is 4.31 Å². The Morgan fingerprint density at radius 3 is 2.76 bits per heavy atom. The van der Waals surface area contributed by atoms with Crippen LogP contribution in [0.5, 0.6) is 0 Å². The number of thiophene rings is 1. The SMILES string of the molecule is Cc1sc(Br)cc1S(=O)(=O)N1CCCSCC1. The Hall–Kier alpha value is 0.440. The van der Waals surface area contributed by atoms with Gasteiger partial charge in [0.1, 0.15) is 0 Å². The minimum Gasteiger partial charge on any atom is -0.207 e. The third-order valence-electron chi connectivity index (χ3n) is 2.64. The fraction of sp³-hybridized carbons (Fsp3) is 0.600. The molecule has 0 bridgehead atoms. The molecular weight excluding hydrogens is 342 g/mol. The molecule has 0 aromatic carbocycles. The van der Waals surface area contributed by atoms with Gasteiger partial charge in [0.15, 0.2) is 0 Å². The van der Waals surface area contributed by atoms with Gasteiger partial charge in [0, 0.05) is 23.7 Å². The minimum atomic E-state index is -3.29. The van der Waals surface area contributed by atoms with Crippen LogP contribution in [0.3, 0.4) is 0 Å². The van der Waals surface area contributed by atoms with E-state index in [2.05, 4.69) is 15.9 Å². The summed E-state index contributed by atoms with van der Waals surface area (Å²) in [5, 5.41) is 0. The number of rotatable bonds is 2. The van der Waals surface area contributed by atoms with Crippen molar-refractivity contribution in [3.05, 3.63) is 14.7 Å². The maximum Gasteiger partial charge on any atom is 0.244 e. The van der Waals surface area contributed by atoms with Crippen LogP contribution in [0.4, 0.5) is 0 Å². The van der Waals surface area contributed by atoms with Crippen molar-refractivity contribution in [3.63, 3.8) is 0 Å². The van der Waals surface area contributed by atoms with E-state index in [1.54, 1.807) is 10.4 Å². The van der Waals surface area contributed by atoms with Gasteiger partial charge in [0.25, 0.3) is 0 Å². The van der Waals surface area contributed by atoms with Crippen molar-refractivity contribution in [1.29, 1.82) is 0 Å². The number of hydrogen-bond donors (Lipinski definition) is 0. The predicted octanol–water partition coefficient (Wildman–Crippen LogP) is 2.95. The van der Waals surface area contributed by atoms with Crippen molar-refractivity contribution >= 4 is 49.1 Å². The Labute approximate surface area is 119 Å². The molecule has 1 fully saturated rings. The molecule has 2 rings (SSSR count). The molecule has 3 nitrogen and oxygen atoms in total. The smallest absolute Gasteiger partial charge is 0.207 e. The Bertz CT molecular complexity index is 490. The third kappa shape index (κ3) is 3.07. The number of nitrogens with zero attached hydrogens (tertiary/aromatic N) is 1. The normalized spacial score (nSPS) is 19.2. The van der Waals surface area contributed by atoms with Crippen LogP contribution in [0, 0.1) is 6.92 Å². The molecule has 0 saturated carbocycles. The van der Waals surface area contributed by atoms with Gasteiger partial charge < -0.3 is 0 Å². The Kier molecular flexibility index (Phi) is 4.57. The van der Waals surface area contributed by atoms with E-state index in [9.17, 15) is 8.42 Å². The van der Waals surface area contributed by atoms with Gasteiger partial charge in [-0.05, 0) is 41.1 Å². The summed E-state index contributed by atoms with van der Waals surface area (Å²) in [5.41, 5.74) is 0. The van der Waals surface area contributed by atoms with Crippen LogP contribution in [0.2, 0.25) is 0 Å². The molecular formula is C10H14BrNO2S3. The molecule has 0 radical (unpaired) electrons. The van der Waals surface area contributed by atoms with Crippen molar-refractivity contribution in [2.45, 2.75) is 18.2 Å². The van der Waals surface area contributed by atoms with Gasteiger partial charge >= 0.3 is 0 Å². The van der Waals surface area contributed by atoms with Crippen LogP contribution >= 0.6 is 39.0 Å². The Balaban J connectivity index is 2.31. The van der Waals surface area contributed by atoms with E-state index in [0.717, 1.165) is 26.6 Å². The summed E-state index contributed by atoms with van der Waals surface area (Å²) in [6, 6.07) is 1.72. The first-order valence-electron chi connectivity index (χ1n) is 5.35. The zero-order valence-electron chi connectivity index (χ0n) is 9.48. The number of hydrogen-bond acceptors (Lipinski definition) is 4. The first kappa shape index (κ1) is 13.9. The lowest BCUT2D eigenvalue weighted by Gasteiger charge is -2.19. The maximum absolute atomic E-state index is 12.5. The van der Waals surface area contributed by atoms with Gasteiger partial charge in [-0.1, -0.05) is 0 Å². The summed E-state index contributed by atoms with van der Waals surface area (Å²) < 4.78 is 27.4. The highest BCUT2D eigenvalue weighted by Crippen LogP contribution is 2.32. The van der Waals surface area contributed by atoms with Gasteiger partial charge in [-0.2, -0.15) is 16.1 Å². The van der Waals surface area contributed by atoms with E-state index in [1.165, 1.54) is 11.3 Å². The zero-order chi connectivity index (χ0) is 12.5. The Morgan fingerprint density at radius 1 is 1.35 bits per heavy atom. The largest absolute Gasteiger partial charge is 0.244 e. The average Bonchev–Trinajstić information content (AvgIpc) is 2.52. The zero-order valence-corrected chi connectivity index (χ0v) is 13.5. The number of aryl methyl sites for hydroxylation is 1. The standard InChI is InChI=1S/C10H14BrNO2S3/c1-8-9(7-10(11)16-8)17(13,14)12-3-2-5-15-6-4-12/h7H,2-6H2,1H3. The highest BCUT2D eigenvalue weighted by molar-refractivity contribution is 9.11. The molecule has 0 aliphatic carbocycles. The lowest BCUT2D eigenvalue weighted by Crippen LogP contribution is -2.33. The highest BCUT2D eigenvalue weighted by Gasteiger charge is 2.27. The molecule has 0 unspecified atom stereocenters. The van der Waals surface area contributed by atoms with Crippen LogP contribution in [-0.4, -0.2) is 37.3 Å². The topological polar surface area (TPSA) is 37.4 Å². The molecule has 1 aromatic rings. The van der Waals surface area contributed by atoms with Crippen molar-refractivity contribution in [2.75, 3.05) is 24.6 Å². The molecule has 0 atom stereocenters. The molecule has 0 N–H and O–H groups in total. The van der Waals surface area contributed by atoms with Crippen LogP contribution in [0.1, 0.15) is 11.3 Å². The molecule has 7 heteroatoms. The summed E-state index contributed by atoms with van der Waals surface area (Å²) in [7, 11) is -3.29. The summed E-state index contributed by atoms with van der Waals surface area (Å²) >= 11 is 6.64. The van der Waals surface area contributed by atoms with Crippen molar-refractivity contribution in [3.8, 4) is 0 Å². The van der Waals surface area contributed by atoms with Gasteiger partial charge in [0.05, 0.1) is 8.68 Å². The van der Waals surface area contributed by atoms with Crippen molar-refractivity contribution < 1.29 is 8.42 Å². The summed E-state index contributed by atoms with van der Waals surface area (Å²) in [5.74, 6) is 1.95. The number of sulfonamides is 1. The average molecular weight is 356 g/mol. The molecule has 1 aliphatic rings. The van der Waals surface area contributed by atoms with Gasteiger partial charge in [-0.15, -0.1) is 11.3 Å². The lowest BCUT2D eigenvalue weighted by molar-refractivity contribution is 0.435. The number of halogens is 1.